The Labute approximate surface area is 201 Å². The Morgan fingerprint density at radius 3 is 2.24 bits per heavy atom. The first-order valence-electron chi connectivity index (χ1n) is 11.6. The Morgan fingerprint density at radius 1 is 0.970 bits per heavy atom. The lowest BCUT2D eigenvalue weighted by Gasteiger charge is -2.21. The van der Waals surface area contributed by atoms with Gasteiger partial charge >= 0.3 is 0 Å². The minimum atomic E-state index is -3.93. The van der Waals surface area contributed by atoms with E-state index in [1.807, 2.05) is 6.92 Å². The molecule has 2 aromatic carbocycles. The summed E-state index contributed by atoms with van der Waals surface area (Å²) in [4.78, 5) is 25.3. The summed E-state index contributed by atoms with van der Waals surface area (Å²) in [6, 6.07) is 10.3. The molecule has 0 unspecified atom stereocenters. The van der Waals surface area contributed by atoms with Gasteiger partial charge in [-0.05, 0) is 61.7 Å². The fourth-order valence-corrected chi connectivity index (χ4v) is 5.57. The Morgan fingerprint density at radius 2 is 1.61 bits per heavy atom. The van der Waals surface area contributed by atoms with Crippen molar-refractivity contribution < 1.29 is 18.0 Å². The van der Waals surface area contributed by atoms with E-state index in [1.54, 1.807) is 0 Å². The molecule has 0 radical (unpaired) electrons. The van der Waals surface area contributed by atoms with E-state index in [1.165, 1.54) is 61.7 Å². The van der Waals surface area contributed by atoms with Gasteiger partial charge in [-0.2, -0.15) is 0 Å². The van der Waals surface area contributed by atoms with Crippen molar-refractivity contribution in [2.24, 2.45) is 0 Å². The van der Waals surface area contributed by atoms with Crippen LogP contribution >= 0.6 is 11.6 Å². The Hall–Kier alpha value is -2.38. The van der Waals surface area contributed by atoms with Gasteiger partial charge in [-0.1, -0.05) is 50.6 Å². The standard InChI is InChI=1S/C25H31ClN2O4S/c1-2-8-24(29)28-22-17-18(25(30)27-20-9-6-4-3-5-7-10-20)11-16-23(22)33(31,32)21-14-12-19(26)13-15-21/h11-17,20H,2-10H2,1H3,(H,27,30)(H,28,29). The Balaban J connectivity index is 1.91. The van der Waals surface area contributed by atoms with Crippen LogP contribution in [0.2, 0.25) is 5.02 Å². The first-order chi connectivity index (χ1) is 15.8. The van der Waals surface area contributed by atoms with E-state index in [-0.39, 0.29) is 39.8 Å². The topological polar surface area (TPSA) is 92.3 Å². The van der Waals surface area contributed by atoms with Gasteiger partial charge in [0.1, 0.15) is 0 Å². The maximum absolute atomic E-state index is 13.3. The van der Waals surface area contributed by atoms with E-state index in [9.17, 15) is 18.0 Å². The van der Waals surface area contributed by atoms with Crippen molar-refractivity contribution in [3.63, 3.8) is 0 Å². The molecule has 0 saturated heterocycles. The number of nitrogens with one attached hydrogen (secondary N) is 2. The molecule has 0 atom stereocenters. The molecule has 1 saturated carbocycles. The van der Waals surface area contributed by atoms with E-state index in [2.05, 4.69) is 10.6 Å². The summed E-state index contributed by atoms with van der Waals surface area (Å²) in [5.41, 5.74) is 0.424. The highest BCUT2D eigenvalue weighted by Gasteiger charge is 2.24. The minimum absolute atomic E-state index is 0.0585. The third-order valence-electron chi connectivity index (χ3n) is 5.85. The highest BCUT2D eigenvalue weighted by Crippen LogP contribution is 2.30. The average molecular weight is 491 g/mol. The van der Waals surface area contributed by atoms with E-state index in [0.29, 0.717) is 17.0 Å². The Kier molecular flexibility index (Phi) is 8.92. The molecule has 2 N–H and O–H groups in total. The van der Waals surface area contributed by atoms with Gasteiger partial charge in [-0.3, -0.25) is 9.59 Å². The van der Waals surface area contributed by atoms with E-state index in [4.69, 9.17) is 11.6 Å². The predicted octanol–water partition coefficient (Wildman–Crippen LogP) is 5.75. The van der Waals surface area contributed by atoms with E-state index in [0.717, 1.165) is 25.7 Å². The monoisotopic (exact) mass is 490 g/mol. The maximum Gasteiger partial charge on any atom is 0.251 e. The smallest absolute Gasteiger partial charge is 0.251 e. The number of hydrogen-bond acceptors (Lipinski definition) is 4. The number of amides is 2. The summed E-state index contributed by atoms with van der Waals surface area (Å²) in [6.45, 7) is 1.86. The lowest BCUT2D eigenvalue weighted by atomic mass is 9.96. The molecule has 8 heteroatoms. The van der Waals surface area contributed by atoms with Gasteiger partial charge in [0.15, 0.2) is 0 Å². The molecule has 0 aliphatic heterocycles. The number of carbonyl (C=O) groups is 2. The zero-order valence-corrected chi connectivity index (χ0v) is 20.5. The molecule has 3 rings (SSSR count). The molecule has 6 nitrogen and oxygen atoms in total. The fraction of sp³-hybridized carbons (Fsp3) is 0.440. The van der Waals surface area contributed by atoms with Crippen molar-refractivity contribution in [1.82, 2.24) is 5.32 Å². The zero-order chi connectivity index (χ0) is 23.8. The number of sulfone groups is 1. The first kappa shape index (κ1) is 25.2. The number of hydrogen-bond donors (Lipinski definition) is 2. The molecule has 1 aliphatic rings. The van der Waals surface area contributed by atoms with Crippen molar-refractivity contribution in [2.45, 2.75) is 80.5 Å². The van der Waals surface area contributed by atoms with Crippen molar-refractivity contribution in [1.29, 1.82) is 0 Å². The molecule has 2 aromatic rings. The normalized spacial score (nSPS) is 15.3. The molecule has 1 aliphatic carbocycles. The van der Waals surface area contributed by atoms with Gasteiger partial charge < -0.3 is 10.6 Å². The van der Waals surface area contributed by atoms with E-state index >= 15 is 0 Å². The third-order valence-corrected chi connectivity index (χ3v) is 7.93. The highest BCUT2D eigenvalue weighted by atomic mass is 35.5. The molecule has 33 heavy (non-hydrogen) atoms. The van der Waals surface area contributed by atoms with Crippen molar-refractivity contribution in [3.8, 4) is 0 Å². The zero-order valence-electron chi connectivity index (χ0n) is 18.9. The predicted molar refractivity (Wildman–Crippen MR) is 130 cm³/mol. The third kappa shape index (κ3) is 6.81. The van der Waals surface area contributed by atoms with Crippen LogP contribution in [0.5, 0.6) is 0 Å². The van der Waals surface area contributed by atoms with Crippen LogP contribution in [0.1, 0.15) is 75.1 Å². The molecular weight excluding hydrogens is 460 g/mol. The molecule has 0 aromatic heterocycles. The summed E-state index contributed by atoms with van der Waals surface area (Å²) in [6.07, 6.45) is 8.51. The second-order valence-corrected chi connectivity index (χ2v) is 10.8. The Bertz CT molecular complexity index is 1080. The lowest BCUT2D eigenvalue weighted by molar-refractivity contribution is -0.116. The summed E-state index contributed by atoms with van der Waals surface area (Å²) >= 11 is 5.90. The van der Waals surface area contributed by atoms with Crippen LogP contribution in [0.15, 0.2) is 52.3 Å². The summed E-state index contributed by atoms with van der Waals surface area (Å²) in [5.74, 6) is -0.565. The van der Waals surface area contributed by atoms with Crippen LogP contribution in [0.25, 0.3) is 0 Å². The van der Waals surface area contributed by atoms with Crippen LogP contribution in [0.3, 0.4) is 0 Å². The van der Waals surface area contributed by atoms with Crippen LogP contribution in [-0.2, 0) is 14.6 Å². The molecule has 0 spiro atoms. The van der Waals surface area contributed by atoms with Crippen LogP contribution in [-0.4, -0.2) is 26.3 Å². The molecular formula is C25H31ClN2O4S. The number of carbonyl (C=O) groups excluding carboxylic acids is 2. The minimum Gasteiger partial charge on any atom is -0.349 e. The van der Waals surface area contributed by atoms with Crippen LogP contribution in [0, 0.1) is 0 Å². The summed E-state index contributed by atoms with van der Waals surface area (Å²) in [7, 11) is -3.93. The van der Waals surface area contributed by atoms with Crippen molar-refractivity contribution in [2.75, 3.05) is 5.32 Å². The molecule has 0 heterocycles. The summed E-state index contributed by atoms with van der Waals surface area (Å²) < 4.78 is 26.6. The van der Waals surface area contributed by atoms with Gasteiger partial charge in [0.2, 0.25) is 15.7 Å². The van der Waals surface area contributed by atoms with E-state index < -0.39 is 9.84 Å². The van der Waals surface area contributed by atoms with Gasteiger partial charge in [0.05, 0.1) is 15.5 Å². The SMILES string of the molecule is CCCC(=O)Nc1cc(C(=O)NC2CCCCCCC2)ccc1S(=O)(=O)c1ccc(Cl)cc1. The van der Waals surface area contributed by atoms with Crippen molar-refractivity contribution >= 4 is 38.9 Å². The molecule has 0 bridgehead atoms. The molecule has 178 valence electrons. The number of anilines is 1. The molecule has 2 amide bonds. The molecule has 1 fully saturated rings. The first-order valence-corrected chi connectivity index (χ1v) is 13.4. The quantitative estimate of drug-likeness (QED) is 0.516. The average Bonchev–Trinajstić information content (AvgIpc) is 2.75. The van der Waals surface area contributed by atoms with Gasteiger partial charge in [-0.25, -0.2) is 8.42 Å². The number of rotatable bonds is 7. The van der Waals surface area contributed by atoms with Crippen LogP contribution in [0.4, 0.5) is 5.69 Å². The summed E-state index contributed by atoms with van der Waals surface area (Å²) in [5, 5.41) is 6.20. The lowest BCUT2D eigenvalue weighted by Crippen LogP contribution is -2.35. The number of halogens is 1. The second kappa shape index (κ2) is 11.7. The fourth-order valence-electron chi connectivity index (χ4n) is 4.05. The van der Waals surface area contributed by atoms with Gasteiger partial charge in [0.25, 0.3) is 5.91 Å². The highest BCUT2D eigenvalue weighted by molar-refractivity contribution is 7.91. The van der Waals surface area contributed by atoms with Crippen molar-refractivity contribution in [3.05, 3.63) is 53.1 Å². The van der Waals surface area contributed by atoms with Crippen LogP contribution < -0.4 is 10.6 Å². The van der Waals surface area contributed by atoms with Gasteiger partial charge in [-0.15, -0.1) is 0 Å². The largest absolute Gasteiger partial charge is 0.349 e. The van der Waals surface area contributed by atoms with Gasteiger partial charge in [0, 0.05) is 23.0 Å². The second-order valence-electron chi connectivity index (χ2n) is 8.48. The number of benzene rings is 2. The maximum atomic E-state index is 13.3.